The summed E-state index contributed by atoms with van der Waals surface area (Å²) in [6.07, 6.45) is 5.38. The molecule has 1 saturated heterocycles. The summed E-state index contributed by atoms with van der Waals surface area (Å²) in [5, 5.41) is 3.73. The Morgan fingerprint density at radius 2 is 1.96 bits per heavy atom. The first-order chi connectivity index (χ1) is 10.9. The third kappa shape index (κ3) is 3.57. The van der Waals surface area contributed by atoms with Crippen molar-refractivity contribution in [2.75, 3.05) is 11.9 Å². The van der Waals surface area contributed by atoms with E-state index in [4.69, 9.17) is 32.2 Å². The summed E-state index contributed by atoms with van der Waals surface area (Å²) in [6.45, 7) is 2.42. The smallest absolute Gasteiger partial charge is 0.356 e. The molecule has 1 aromatic rings. The molecule has 0 amide bonds. The second-order valence-electron chi connectivity index (χ2n) is 6.38. The summed E-state index contributed by atoms with van der Waals surface area (Å²) < 4.78 is 25.1. The zero-order valence-electron chi connectivity index (χ0n) is 13.2. The quantitative estimate of drug-likeness (QED) is 0.647. The number of halogens is 2. The van der Waals surface area contributed by atoms with E-state index < -0.39 is 12.9 Å². The maximum Gasteiger partial charge on any atom is 0.356 e. The van der Waals surface area contributed by atoms with E-state index in [0.29, 0.717) is 16.7 Å². The molecule has 1 heterocycles. The Bertz CT molecular complexity index is 619. The molecule has 3 rings (SSSR count). The molecule has 2 fully saturated rings. The second kappa shape index (κ2) is 6.93. The minimum absolute atomic E-state index is 0.0519. The van der Waals surface area contributed by atoms with Gasteiger partial charge in [-0.15, -0.1) is 0 Å². The minimum atomic E-state index is -3.26. The predicted octanol–water partition coefficient (Wildman–Crippen LogP) is 6.08. The lowest BCUT2D eigenvalue weighted by molar-refractivity contribution is 0.0767. The largest absolute Gasteiger partial charge is 0.369 e. The first-order valence-electron chi connectivity index (χ1n) is 8.10. The molecular weight excluding hydrogens is 356 g/mol. The fraction of sp³-hybridized carbons (Fsp3) is 0.625. The fourth-order valence-corrected chi connectivity index (χ4v) is 6.19. The zero-order chi connectivity index (χ0) is 16.5. The molecule has 128 valence electrons. The van der Waals surface area contributed by atoms with Crippen molar-refractivity contribution < 1.29 is 13.6 Å². The molecule has 0 spiro atoms. The summed E-state index contributed by atoms with van der Waals surface area (Å²) in [4.78, 5) is 0. The molecule has 0 aromatic heterocycles. The molecule has 1 saturated carbocycles. The van der Waals surface area contributed by atoms with Crippen LogP contribution in [0.5, 0.6) is 0 Å². The van der Waals surface area contributed by atoms with Crippen molar-refractivity contribution in [3.05, 3.63) is 28.2 Å². The van der Waals surface area contributed by atoms with E-state index in [0.717, 1.165) is 44.2 Å². The van der Waals surface area contributed by atoms with E-state index in [1.54, 1.807) is 12.1 Å². The monoisotopic (exact) mass is 377 g/mol. The van der Waals surface area contributed by atoms with Gasteiger partial charge in [-0.3, -0.25) is 4.57 Å². The number of rotatable bonds is 3. The molecule has 2 atom stereocenters. The number of hydrogen-bond acceptors (Lipinski definition) is 4. The van der Waals surface area contributed by atoms with Crippen LogP contribution in [0.15, 0.2) is 18.2 Å². The highest BCUT2D eigenvalue weighted by Gasteiger charge is 2.53. The normalized spacial score (nSPS) is 30.8. The van der Waals surface area contributed by atoms with E-state index in [1.807, 2.05) is 13.0 Å². The first-order valence-corrected chi connectivity index (χ1v) is 10.4. The number of anilines is 1. The van der Waals surface area contributed by atoms with Gasteiger partial charge in [0.2, 0.25) is 0 Å². The average molecular weight is 378 g/mol. The average Bonchev–Trinajstić information content (AvgIpc) is 2.52. The van der Waals surface area contributed by atoms with Crippen LogP contribution in [0.25, 0.3) is 0 Å². The van der Waals surface area contributed by atoms with E-state index in [2.05, 4.69) is 5.32 Å². The van der Waals surface area contributed by atoms with Gasteiger partial charge in [0.1, 0.15) is 5.28 Å². The molecule has 1 aromatic carbocycles. The van der Waals surface area contributed by atoms with Crippen LogP contribution in [-0.2, 0) is 13.6 Å². The van der Waals surface area contributed by atoms with Crippen LogP contribution in [0.1, 0.15) is 45.4 Å². The van der Waals surface area contributed by atoms with Gasteiger partial charge >= 0.3 is 7.60 Å². The molecule has 2 aliphatic rings. The molecule has 1 aliphatic carbocycles. The van der Waals surface area contributed by atoms with E-state index in [1.165, 1.54) is 0 Å². The van der Waals surface area contributed by atoms with Crippen LogP contribution in [0.3, 0.4) is 0 Å². The van der Waals surface area contributed by atoms with Crippen molar-refractivity contribution >= 4 is 36.5 Å². The van der Waals surface area contributed by atoms with E-state index in [9.17, 15) is 4.57 Å². The predicted molar refractivity (Wildman–Crippen MR) is 94.6 cm³/mol. The molecule has 1 aliphatic heterocycles. The number of nitrogens with one attached hydrogen (secondary N) is 1. The maximum atomic E-state index is 13.5. The topological polar surface area (TPSA) is 47.6 Å². The highest BCUT2D eigenvalue weighted by molar-refractivity contribution is 7.55. The molecule has 0 radical (unpaired) electrons. The molecule has 23 heavy (non-hydrogen) atoms. The Kier molecular flexibility index (Phi) is 5.30. The SMILES string of the molecule is C[C@H]1CCO[P@](=O)(C2(Nc3ccc(Cl)c(Cl)c3)CCCCC2)O1. The Hall–Kier alpha value is -0.250. The fourth-order valence-electron chi connectivity index (χ4n) is 3.33. The van der Waals surface area contributed by atoms with Crippen molar-refractivity contribution in [3.8, 4) is 0 Å². The van der Waals surface area contributed by atoms with Crippen LogP contribution in [0, 0.1) is 0 Å². The van der Waals surface area contributed by atoms with Gasteiger partial charge in [0, 0.05) is 5.69 Å². The Morgan fingerprint density at radius 1 is 1.22 bits per heavy atom. The van der Waals surface area contributed by atoms with Gasteiger partial charge < -0.3 is 14.4 Å². The van der Waals surface area contributed by atoms with Crippen molar-refractivity contribution in [2.24, 2.45) is 0 Å². The van der Waals surface area contributed by atoms with Gasteiger partial charge in [-0.25, -0.2) is 0 Å². The van der Waals surface area contributed by atoms with E-state index in [-0.39, 0.29) is 6.10 Å². The van der Waals surface area contributed by atoms with Crippen LogP contribution < -0.4 is 5.32 Å². The molecule has 0 unspecified atom stereocenters. The van der Waals surface area contributed by atoms with Gasteiger partial charge in [0.15, 0.2) is 0 Å². The van der Waals surface area contributed by atoms with Crippen molar-refractivity contribution in [1.82, 2.24) is 0 Å². The Labute approximate surface area is 147 Å². The second-order valence-corrected chi connectivity index (χ2v) is 9.52. The van der Waals surface area contributed by atoms with Crippen molar-refractivity contribution in [1.29, 1.82) is 0 Å². The lowest BCUT2D eigenvalue weighted by atomic mass is 9.94. The Balaban J connectivity index is 1.93. The first kappa shape index (κ1) is 17.6. The van der Waals surface area contributed by atoms with Crippen LogP contribution >= 0.6 is 30.8 Å². The lowest BCUT2D eigenvalue weighted by Gasteiger charge is -2.45. The van der Waals surface area contributed by atoms with Crippen LogP contribution in [-0.4, -0.2) is 18.0 Å². The summed E-state index contributed by atoms with van der Waals surface area (Å²) in [5.41, 5.74) is 0.793. The van der Waals surface area contributed by atoms with Gasteiger partial charge in [0.25, 0.3) is 0 Å². The lowest BCUT2D eigenvalue weighted by Crippen LogP contribution is -2.43. The molecule has 4 nitrogen and oxygen atoms in total. The minimum Gasteiger partial charge on any atom is -0.369 e. The molecule has 0 bridgehead atoms. The van der Waals surface area contributed by atoms with Crippen molar-refractivity contribution in [2.45, 2.75) is 56.8 Å². The summed E-state index contributed by atoms with van der Waals surface area (Å²) >= 11 is 12.1. The maximum absolute atomic E-state index is 13.5. The highest BCUT2D eigenvalue weighted by atomic mass is 35.5. The number of benzene rings is 1. The standard InChI is InChI=1S/C16H22Cl2NO3P/c1-12-7-10-21-23(20,22-12)16(8-3-2-4-9-16)19-13-5-6-14(17)15(18)11-13/h5-6,11-12,19H,2-4,7-10H2,1H3/t12-,23+/m0/s1. The number of hydrogen-bond donors (Lipinski definition) is 1. The van der Waals surface area contributed by atoms with Gasteiger partial charge in [-0.05, 0) is 44.4 Å². The summed E-state index contributed by atoms with van der Waals surface area (Å²) in [5.74, 6) is 0. The van der Waals surface area contributed by atoms with Crippen molar-refractivity contribution in [3.63, 3.8) is 0 Å². The highest BCUT2D eigenvalue weighted by Crippen LogP contribution is 2.67. The zero-order valence-corrected chi connectivity index (χ0v) is 15.6. The molecule has 1 N–H and O–H groups in total. The third-order valence-corrected chi connectivity index (χ3v) is 8.11. The van der Waals surface area contributed by atoms with Gasteiger partial charge in [0.05, 0.1) is 22.8 Å². The Morgan fingerprint density at radius 3 is 2.61 bits per heavy atom. The van der Waals surface area contributed by atoms with E-state index >= 15 is 0 Å². The molecule has 7 heteroatoms. The summed E-state index contributed by atoms with van der Waals surface area (Å²) in [7, 11) is -3.26. The van der Waals surface area contributed by atoms with Gasteiger partial charge in [-0.2, -0.15) is 0 Å². The third-order valence-electron chi connectivity index (χ3n) is 4.61. The van der Waals surface area contributed by atoms with Gasteiger partial charge in [-0.1, -0.05) is 42.5 Å². The molecular formula is C16H22Cl2NO3P. The van der Waals surface area contributed by atoms with Crippen LogP contribution in [0.4, 0.5) is 5.69 Å². The summed E-state index contributed by atoms with van der Waals surface area (Å²) in [6, 6.07) is 5.35. The van der Waals surface area contributed by atoms with Crippen LogP contribution in [0.2, 0.25) is 10.0 Å².